The van der Waals surface area contributed by atoms with E-state index in [1.54, 1.807) is 22.4 Å². The summed E-state index contributed by atoms with van der Waals surface area (Å²) in [5.74, 6) is 0. The van der Waals surface area contributed by atoms with Gasteiger partial charge in [-0.25, -0.2) is 9.78 Å². The van der Waals surface area contributed by atoms with E-state index in [-0.39, 0.29) is 18.2 Å². The van der Waals surface area contributed by atoms with Gasteiger partial charge in [-0.15, -0.1) is 11.3 Å². The van der Waals surface area contributed by atoms with Gasteiger partial charge in [0.05, 0.1) is 6.04 Å². The molecule has 0 radical (unpaired) electrons. The van der Waals surface area contributed by atoms with Crippen molar-refractivity contribution in [3.63, 3.8) is 0 Å². The van der Waals surface area contributed by atoms with Crippen LogP contribution in [-0.4, -0.2) is 33.3 Å². The molecule has 1 amide bonds. The Balaban J connectivity index is 1.96. The SMILES string of the molecule is CC(C)(C)OC(=O)N1[C@@H](Cc2ccccc2)[C@@H](c2nccs2)OC1(C)C. The van der Waals surface area contributed by atoms with Gasteiger partial charge in [-0.3, -0.25) is 4.90 Å². The number of hydrogen-bond acceptors (Lipinski definition) is 5. The number of benzene rings is 1. The summed E-state index contributed by atoms with van der Waals surface area (Å²) in [6, 6.07) is 9.95. The molecule has 1 fully saturated rings. The number of carbonyl (C=O) groups is 1. The van der Waals surface area contributed by atoms with Crippen molar-refractivity contribution >= 4 is 17.4 Å². The van der Waals surface area contributed by atoms with Crippen LogP contribution in [0.5, 0.6) is 0 Å². The summed E-state index contributed by atoms with van der Waals surface area (Å²) in [6.07, 6.45) is 1.81. The maximum absolute atomic E-state index is 13.0. The fourth-order valence-corrected chi connectivity index (χ4v) is 4.01. The van der Waals surface area contributed by atoms with Crippen molar-refractivity contribution in [2.24, 2.45) is 0 Å². The fourth-order valence-electron chi connectivity index (χ4n) is 3.29. The molecule has 1 saturated heterocycles. The van der Waals surface area contributed by atoms with Gasteiger partial charge in [0, 0.05) is 11.6 Å². The van der Waals surface area contributed by atoms with Gasteiger partial charge in [0.1, 0.15) is 22.4 Å². The Morgan fingerprint density at radius 2 is 2.00 bits per heavy atom. The van der Waals surface area contributed by atoms with Gasteiger partial charge < -0.3 is 9.47 Å². The quantitative estimate of drug-likeness (QED) is 0.774. The van der Waals surface area contributed by atoms with Crippen LogP contribution >= 0.6 is 11.3 Å². The smallest absolute Gasteiger partial charge is 0.412 e. The van der Waals surface area contributed by atoms with Crippen molar-refractivity contribution in [3.8, 4) is 0 Å². The topological polar surface area (TPSA) is 51.7 Å². The van der Waals surface area contributed by atoms with Gasteiger partial charge in [-0.2, -0.15) is 0 Å². The maximum atomic E-state index is 13.0. The number of aromatic nitrogens is 1. The van der Waals surface area contributed by atoms with Gasteiger partial charge in [-0.1, -0.05) is 30.3 Å². The number of rotatable bonds is 3. The molecule has 1 aromatic carbocycles. The van der Waals surface area contributed by atoms with E-state index in [9.17, 15) is 4.79 Å². The molecule has 5 nitrogen and oxygen atoms in total. The van der Waals surface area contributed by atoms with E-state index in [4.69, 9.17) is 9.47 Å². The third-order valence-corrected chi connectivity index (χ3v) is 5.09. The van der Waals surface area contributed by atoms with Crippen molar-refractivity contribution < 1.29 is 14.3 Å². The lowest BCUT2D eigenvalue weighted by Gasteiger charge is -2.35. The summed E-state index contributed by atoms with van der Waals surface area (Å²) < 4.78 is 12.0. The Kier molecular flexibility index (Phi) is 5.08. The molecular weight excluding hydrogens is 348 g/mol. The molecule has 6 heteroatoms. The lowest BCUT2D eigenvalue weighted by molar-refractivity contribution is -0.0796. The second kappa shape index (κ2) is 7.00. The van der Waals surface area contributed by atoms with Crippen LogP contribution in [0.25, 0.3) is 0 Å². The van der Waals surface area contributed by atoms with Crippen LogP contribution in [0.3, 0.4) is 0 Å². The minimum atomic E-state index is -0.780. The molecule has 2 aromatic rings. The van der Waals surface area contributed by atoms with Gasteiger partial charge in [-0.05, 0) is 46.6 Å². The molecular formula is C20H26N2O3S. The highest BCUT2D eigenvalue weighted by molar-refractivity contribution is 7.09. The van der Waals surface area contributed by atoms with Crippen LogP contribution in [0.4, 0.5) is 4.79 Å². The number of thiazole rings is 1. The Labute approximate surface area is 159 Å². The van der Waals surface area contributed by atoms with Crippen molar-refractivity contribution in [3.05, 3.63) is 52.5 Å². The molecule has 0 N–H and O–H groups in total. The molecule has 1 aliphatic heterocycles. The number of hydrogen-bond donors (Lipinski definition) is 0. The van der Waals surface area contributed by atoms with E-state index < -0.39 is 11.3 Å². The molecule has 2 atom stereocenters. The first-order chi connectivity index (χ1) is 12.2. The van der Waals surface area contributed by atoms with Gasteiger partial charge in [0.15, 0.2) is 0 Å². The summed E-state index contributed by atoms with van der Waals surface area (Å²) in [4.78, 5) is 19.2. The predicted molar refractivity (Wildman–Crippen MR) is 102 cm³/mol. The summed E-state index contributed by atoms with van der Waals surface area (Å²) >= 11 is 1.55. The summed E-state index contributed by atoms with van der Waals surface area (Å²) in [6.45, 7) is 9.43. The highest BCUT2D eigenvalue weighted by Gasteiger charge is 2.52. The average molecular weight is 375 g/mol. The van der Waals surface area contributed by atoms with Crippen molar-refractivity contribution in [2.45, 2.75) is 64.5 Å². The van der Waals surface area contributed by atoms with Gasteiger partial charge in [0.25, 0.3) is 0 Å². The second-order valence-corrected chi connectivity index (χ2v) is 8.89. The molecule has 1 aromatic heterocycles. The molecule has 0 aliphatic carbocycles. The fraction of sp³-hybridized carbons (Fsp3) is 0.500. The Morgan fingerprint density at radius 3 is 2.58 bits per heavy atom. The van der Waals surface area contributed by atoms with Crippen LogP contribution in [0, 0.1) is 0 Å². The molecule has 140 valence electrons. The van der Waals surface area contributed by atoms with E-state index in [0.717, 1.165) is 10.6 Å². The van der Waals surface area contributed by atoms with Crippen LogP contribution in [-0.2, 0) is 15.9 Å². The zero-order valence-electron chi connectivity index (χ0n) is 15.9. The van der Waals surface area contributed by atoms with E-state index in [0.29, 0.717) is 6.42 Å². The summed E-state index contributed by atoms with van der Waals surface area (Å²) in [5, 5.41) is 2.81. The van der Waals surface area contributed by atoms with Crippen LogP contribution in [0.2, 0.25) is 0 Å². The zero-order chi connectivity index (χ0) is 18.9. The summed E-state index contributed by atoms with van der Waals surface area (Å²) in [5.41, 5.74) is -0.198. The zero-order valence-corrected chi connectivity index (χ0v) is 16.7. The Bertz CT molecular complexity index is 738. The number of nitrogens with zero attached hydrogens (tertiary/aromatic N) is 2. The van der Waals surface area contributed by atoms with Crippen molar-refractivity contribution in [1.82, 2.24) is 9.88 Å². The van der Waals surface area contributed by atoms with E-state index in [1.165, 1.54) is 0 Å². The minimum absolute atomic E-state index is 0.187. The molecule has 3 rings (SSSR count). The molecule has 2 heterocycles. The minimum Gasteiger partial charge on any atom is -0.444 e. The molecule has 26 heavy (non-hydrogen) atoms. The first kappa shape index (κ1) is 18.9. The van der Waals surface area contributed by atoms with Crippen molar-refractivity contribution in [1.29, 1.82) is 0 Å². The maximum Gasteiger partial charge on any atom is 0.412 e. The first-order valence-electron chi connectivity index (χ1n) is 8.81. The van der Waals surface area contributed by atoms with Gasteiger partial charge >= 0.3 is 6.09 Å². The third-order valence-electron chi connectivity index (χ3n) is 4.25. The standard InChI is InChI=1S/C20H26N2O3S/c1-19(2,3)25-18(23)22-15(13-14-9-7-6-8-10-14)16(24-20(22,4)5)17-21-11-12-26-17/h6-12,15-16H,13H2,1-5H3/t15-,16-/m0/s1. The lowest BCUT2D eigenvalue weighted by Crippen LogP contribution is -2.50. The third kappa shape index (κ3) is 4.07. The first-order valence-corrected chi connectivity index (χ1v) is 9.69. The van der Waals surface area contributed by atoms with E-state index >= 15 is 0 Å². The number of ether oxygens (including phenoxy) is 2. The van der Waals surface area contributed by atoms with Crippen LogP contribution < -0.4 is 0 Å². The average Bonchev–Trinajstić information content (AvgIpc) is 3.12. The predicted octanol–water partition coefficient (Wildman–Crippen LogP) is 4.80. The van der Waals surface area contributed by atoms with E-state index in [1.807, 2.05) is 58.2 Å². The second-order valence-electron chi connectivity index (χ2n) is 7.96. The molecule has 0 bridgehead atoms. The molecule has 1 aliphatic rings. The molecule has 0 unspecified atom stereocenters. The largest absolute Gasteiger partial charge is 0.444 e. The number of carbonyl (C=O) groups excluding carboxylic acids is 1. The lowest BCUT2D eigenvalue weighted by atomic mass is 10.0. The Hall–Kier alpha value is -1.92. The molecule has 0 spiro atoms. The summed E-state index contributed by atoms with van der Waals surface area (Å²) in [7, 11) is 0. The Morgan fingerprint density at radius 1 is 1.31 bits per heavy atom. The number of amides is 1. The van der Waals surface area contributed by atoms with Gasteiger partial charge in [0.2, 0.25) is 0 Å². The highest BCUT2D eigenvalue weighted by atomic mass is 32.1. The van der Waals surface area contributed by atoms with Crippen LogP contribution in [0.1, 0.15) is 51.3 Å². The van der Waals surface area contributed by atoms with Crippen LogP contribution in [0.15, 0.2) is 41.9 Å². The monoisotopic (exact) mass is 374 g/mol. The normalized spacial score (nSPS) is 22.4. The molecule has 0 saturated carbocycles. The highest BCUT2D eigenvalue weighted by Crippen LogP contribution is 2.43. The van der Waals surface area contributed by atoms with Crippen molar-refractivity contribution in [2.75, 3.05) is 0 Å². The van der Waals surface area contributed by atoms with E-state index in [2.05, 4.69) is 17.1 Å².